The quantitative estimate of drug-likeness (QED) is 0.454. The van der Waals surface area contributed by atoms with Crippen LogP contribution in [0.25, 0.3) is 0 Å². The van der Waals surface area contributed by atoms with Gasteiger partial charge in [0, 0.05) is 22.2 Å². The lowest BCUT2D eigenvalue weighted by molar-refractivity contribution is 0.631. The summed E-state index contributed by atoms with van der Waals surface area (Å²) in [4.78, 5) is 1.15. The van der Waals surface area contributed by atoms with E-state index in [1.54, 1.807) is 23.9 Å². The van der Waals surface area contributed by atoms with Crippen LogP contribution in [-0.4, -0.2) is 17.4 Å². The van der Waals surface area contributed by atoms with Gasteiger partial charge >= 0.3 is 0 Å². The SMILES string of the molecule is Cc1ccc(F)c(NC(=S)NCCSc2ccc(Cl)cc2)c1. The number of anilines is 1. The van der Waals surface area contributed by atoms with Crippen LogP contribution in [0.5, 0.6) is 0 Å². The molecule has 2 rings (SSSR count). The van der Waals surface area contributed by atoms with Crippen LogP contribution >= 0.6 is 35.6 Å². The molecule has 116 valence electrons. The minimum Gasteiger partial charge on any atom is -0.362 e. The third-order valence-corrected chi connectivity index (χ3v) is 4.35. The number of thioether (sulfide) groups is 1. The zero-order valence-corrected chi connectivity index (χ0v) is 14.4. The normalized spacial score (nSPS) is 10.3. The van der Waals surface area contributed by atoms with Gasteiger partial charge in [-0.15, -0.1) is 11.8 Å². The zero-order chi connectivity index (χ0) is 15.9. The Morgan fingerprint density at radius 3 is 2.68 bits per heavy atom. The minimum atomic E-state index is -0.315. The Kier molecular flexibility index (Phi) is 6.49. The highest BCUT2D eigenvalue weighted by atomic mass is 35.5. The number of thiocarbonyl (C=S) groups is 1. The summed E-state index contributed by atoms with van der Waals surface area (Å²) in [6, 6.07) is 12.6. The molecule has 0 aliphatic rings. The van der Waals surface area contributed by atoms with Gasteiger partial charge in [-0.2, -0.15) is 0 Å². The number of aryl methyl sites for hydroxylation is 1. The standard InChI is InChI=1S/C16H16ClFN2S2/c1-11-2-7-14(18)15(10-11)20-16(21)19-8-9-22-13-5-3-12(17)4-6-13/h2-7,10H,8-9H2,1H3,(H2,19,20,21). The maximum atomic E-state index is 13.6. The maximum absolute atomic E-state index is 13.6. The Balaban J connectivity index is 1.74. The first-order chi connectivity index (χ1) is 10.5. The molecule has 2 aromatic rings. The Hall–Kier alpha value is -1.30. The van der Waals surface area contributed by atoms with Gasteiger partial charge in [-0.1, -0.05) is 17.7 Å². The second kappa shape index (κ2) is 8.36. The Bertz CT molecular complexity index is 647. The summed E-state index contributed by atoms with van der Waals surface area (Å²) in [6.45, 7) is 2.59. The molecule has 2 aromatic carbocycles. The fourth-order valence-electron chi connectivity index (χ4n) is 1.77. The molecule has 0 saturated heterocycles. The van der Waals surface area contributed by atoms with Crippen LogP contribution in [0.1, 0.15) is 5.56 Å². The molecule has 0 aromatic heterocycles. The van der Waals surface area contributed by atoms with E-state index in [9.17, 15) is 4.39 Å². The Morgan fingerprint density at radius 2 is 1.95 bits per heavy atom. The zero-order valence-electron chi connectivity index (χ0n) is 12.0. The maximum Gasteiger partial charge on any atom is 0.170 e. The molecule has 0 saturated carbocycles. The van der Waals surface area contributed by atoms with Crippen LogP contribution in [0.15, 0.2) is 47.4 Å². The monoisotopic (exact) mass is 354 g/mol. The molecule has 22 heavy (non-hydrogen) atoms. The first-order valence-electron chi connectivity index (χ1n) is 6.74. The summed E-state index contributed by atoms with van der Waals surface area (Å²) in [5.41, 5.74) is 1.37. The van der Waals surface area contributed by atoms with E-state index in [-0.39, 0.29) is 5.82 Å². The molecular formula is C16H16ClFN2S2. The van der Waals surface area contributed by atoms with Gasteiger partial charge in [0.05, 0.1) is 5.69 Å². The highest BCUT2D eigenvalue weighted by molar-refractivity contribution is 7.99. The third-order valence-electron chi connectivity index (χ3n) is 2.84. The van der Waals surface area contributed by atoms with Gasteiger partial charge in [0.1, 0.15) is 5.82 Å². The van der Waals surface area contributed by atoms with Crippen molar-refractivity contribution in [2.24, 2.45) is 0 Å². The van der Waals surface area contributed by atoms with Crippen LogP contribution in [0.2, 0.25) is 5.02 Å². The van der Waals surface area contributed by atoms with Gasteiger partial charge in [0.2, 0.25) is 0 Å². The molecule has 0 spiro atoms. The third kappa shape index (κ3) is 5.48. The molecule has 0 fully saturated rings. The van der Waals surface area contributed by atoms with E-state index in [4.69, 9.17) is 23.8 Å². The van der Waals surface area contributed by atoms with E-state index in [2.05, 4.69) is 10.6 Å². The van der Waals surface area contributed by atoms with Crippen molar-refractivity contribution in [2.45, 2.75) is 11.8 Å². The molecule has 0 aliphatic carbocycles. The second-order valence-electron chi connectivity index (χ2n) is 4.67. The van der Waals surface area contributed by atoms with Gasteiger partial charge < -0.3 is 10.6 Å². The lowest BCUT2D eigenvalue weighted by Crippen LogP contribution is -2.30. The molecular weight excluding hydrogens is 339 g/mol. The van der Waals surface area contributed by atoms with E-state index in [1.807, 2.05) is 31.2 Å². The van der Waals surface area contributed by atoms with Crippen LogP contribution < -0.4 is 10.6 Å². The molecule has 0 bridgehead atoms. The van der Waals surface area contributed by atoms with Crippen LogP contribution in [0.3, 0.4) is 0 Å². The Labute approximate surface area is 144 Å². The summed E-state index contributed by atoms with van der Waals surface area (Å²) in [5, 5.41) is 7.09. The first kappa shape index (κ1) is 17.1. The van der Waals surface area contributed by atoms with Crippen molar-refractivity contribution in [3.8, 4) is 0 Å². The topological polar surface area (TPSA) is 24.1 Å². The fraction of sp³-hybridized carbons (Fsp3) is 0.188. The van der Waals surface area contributed by atoms with Crippen molar-refractivity contribution >= 4 is 46.4 Å². The lowest BCUT2D eigenvalue weighted by Gasteiger charge is -2.11. The Morgan fingerprint density at radius 1 is 1.23 bits per heavy atom. The average Bonchev–Trinajstić information content (AvgIpc) is 2.49. The predicted octanol–water partition coefficient (Wildman–Crippen LogP) is 4.87. The molecule has 0 unspecified atom stereocenters. The van der Waals surface area contributed by atoms with Gasteiger partial charge in [0.15, 0.2) is 5.11 Å². The molecule has 0 radical (unpaired) electrons. The lowest BCUT2D eigenvalue weighted by atomic mass is 10.2. The smallest absolute Gasteiger partial charge is 0.170 e. The number of benzene rings is 2. The van der Waals surface area contributed by atoms with Crippen LogP contribution in [0.4, 0.5) is 10.1 Å². The molecule has 0 aliphatic heterocycles. The molecule has 2 N–H and O–H groups in total. The number of rotatable bonds is 5. The summed E-state index contributed by atoms with van der Waals surface area (Å²) in [5.74, 6) is 0.532. The summed E-state index contributed by atoms with van der Waals surface area (Å²) < 4.78 is 13.6. The van der Waals surface area contributed by atoms with Crippen molar-refractivity contribution in [2.75, 3.05) is 17.6 Å². The predicted molar refractivity (Wildman–Crippen MR) is 97.5 cm³/mol. The highest BCUT2D eigenvalue weighted by Crippen LogP contribution is 2.19. The van der Waals surface area contributed by atoms with E-state index >= 15 is 0 Å². The number of hydrogen-bond acceptors (Lipinski definition) is 2. The van der Waals surface area contributed by atoms with Crippen molar-refractivity contribution in [3.63, 3.8) is 0 Å². The highest BCUT2D eigenvalue weighted by Gasteiger charge is 2.04. The van der Waals surface area contributed by atoms with E-state index < -0.39 is 0 Å². The summed E-state index contributed by atoms with van der Waals surface area (Å²) in [6.07, 6.45) is 0. The molecule has 6 heteroatoms. The number of hydrogen-bond donors (Lipinski definition) is 2. The number of halogens is 2. The van der Waals surface area contributed by atoms with E-state index in [0.717, 1.165) is 21.2 Å². The molecule has 0 amide bonds. The second-order valence-corrected chi connectivity index (χ2v) is 6.68. The van der Waals surface area contributed by atoms with Gasteiger partial charge in [-0.25, -0.2) is 4.39 Å². The van der Waals surface area contributed by atoms with Gasteiger partial charge in [0.25, 0.3) is 0 Å². The van der Waals surface area contributed by atoms with Crippen molar-refractivity contribution in [1.29, 1.82) is 0 Å². The van der Waals surface area contributed by atoms with Crippen molar-refractivity contribution in [1.82, 2.24) is 5.32 Å². The van der Waals surface area contributed by atoms with Crippen LogP contribution in [0, 0.1) is 12.7 Å². The van der Waals surface area contributed by atoms with Crippen LogP contribution in [-0.2, 0) is 0 Å². The van der Waals surface area contributed by atoms with E-state index in [1.165, 1.54) is 6.07 Å². The van der Waals surface area contributed by atoms with Crippen molar-refractivity contribution < 1.29 is 4.39 Å². The fourth-order valence-corrected chi connectivity index (χ4v) is 2.87. The first-order valence-corrected chi connectivity index (χ1v) is 8.51. The summed E-state index contributed by atoms with van der Waals surface area (Å²) >= 11 is 12.7. The number of nitrogens with one attached hydrogen (secondary N) is 2. The van der Waals surface area contributed by atoms with Gasteiger partial charge in [-0.05, 0) is 61.1 Å². The summed E-state index contributed by atoms with van der Waals surface area (Å²) in [7, 11) is 0. The van der Waals surface area contributed by atoms with E-state index in [0.29, 0.717) is 17.3 Å². The van der Waals surface area contributed by atoms with Gasteiger partial charge in [-0.3, -0.25) is 0 Å². The molecule has 0 atom stereocenters. The van der Waals surface area contributed by atoms with Crippen molar-refractivity contribution in [3.05, 3.63) is 58.9 Å². The molecule has 2 nitrogen and oxygen atoms in total. The minimum absolute atomic E-state index is 0.315. The average molecular weight is 355 g/mol. The largest absolute Gasteiger partial charge is 0.362 e. The molecule has 0 heterocycles.